The molecule has 0 spiro atoms. The van der Waals surface area contributed by atoms with Crippen LogP contribution in [0.4, 0.5) is 0 Å². The van der Waals surface area contributed by atoms with Crippen molar-refractivity contribution in [1.29, 1.82) is 0 Å². The molecule has 0 aliphatic carbocycles. The van der Waals surface area contributed by atoms with Gasteiger partial charge in [-0.05, 0) is 48.4 Å². The first kappa shape index (κ1) is 12.2. The van der Waals surface area contributed by atoms with Gasteiger partial charge in [0.2, 0.25) is 0 Å². The van der Waals surface area contributed by atoms with Crippen molar-refractivity contribution in [3.05, 3.63) is 28.6 Å². The van der Waals surface area contributed by atoms with Crippen LogP contribution in [0.3, 0.4) is 0 Å². The van der Waals surface area contributed by atoms with Crippen molar-refractivity contribution in [3.8, 4) is 0 Å². The summed E-state index contributed by atoms with van der Waals surface area (Å²) < 4.78 is 2.13. The monoisotopic (exact) mass is 230 g/mol. The topological polar surface area (TPSA) is 17.8 Å². The van der Waals surface area contributed by atoms with Gasteiger partial charge >= 0.3 is 0 Å². The molecule has 17 heavy (non-hydrogen) atoms. The Morgan fingerprint density at radius 1 is 1.00 bits per heavy atom. The fourth-order valence-corrected chi connectivity index (χ4v) is 2.80. The number of aryl methyl sites for hydroxylation is 2. The van der Waals surface area contributed by atoms with Gasteiger partial charge < -0.3 is 4.57 Å². The zero-order valence-electron chi connectivity index (χ0n) is 12.0. The molecule has 0 fully saturated rings. The summed E-state index contributed by atoms with van der Waals surface area (Å²) in [6, 6.07) is 0. The smallest absolute Gasteiger partial charge is 0.0955 e. The first-order chi connectivity index (χ1) is 7.75. The van der Waals surface area contributed by atoms with Crippen LogP contribution in [0.5, 0.6) is 0 Å². The third-order valence-corrected chi connectivity index (χ3v) is 3.78. The molecule has 2 nitrogen and oxygen atoms in total. The molecule has 1 aromatic heterocycles. The van der Waals surface area contributed by atoms with Gasteiger partial charge in [-0.15, -0.1) is 0 Å². The van der Waals surface area contributed by atoms with Gasteiger partial charge in [-0.25, -0.2) is 4.98 Å². The molecular formula is C15H22N2. The van der Waals surface area contributed by atoms with Gasteiger partial charge in [-0.3, -0.25) is 0 Å². The molecule has 0 amide bonds. The molecule has 0 aliphatic heterocycles. The Kier molecular flexibility index (Phi) is 2.57. The molecule has 2 rings (SSSR count). The van der Waals surface area contributed by atoms with E-state index >= 15 is 0 Å². The Hall–Kier alpha value is -1.31. The molecular weight excluding hydrogens is 208 g/mol. The number of aromatic nitrogens is 2. The molecule has 92 valence electrons. The van der Waals surface area contributed by atoms with Crippen molar-refractivity contribution >= 4 is 11.0 Å². The van der Waals surface area contributed by atoms with Crippen LogP contribution >= 0.6 is 0 Å². The molecule has 2 heteroatoms. The van der Waals surface area contributed by atoms with Gasteiger partial charge in [-0.2, -0.15) is 0 Å². The number of benzene rings is 1. The molecule has 1 heterocycles. The minimum Gasteiger partial charge on any atom is -0.333 e. The van der Waals surface area contributed by atoms with Gasteiger partial charge in [0.15, 0.2) is 0 Å². The van der Waals surface area contributed by atoms with E-state index in [9.17, 15) is 0 Å². The van der Waals surface area contributed by atoms with E-state index in [0.29, 0.717) is 0 Å². The molecule has 1 aromatic carbocycles. The average molecular weight is 230 g/mol. The van der Waals surface area contributed by atoms with E-state index in [1.54, 1.807) is 0 Å². The second-order valence-electron chi connectivity index (χ2n) is 6.05. The normalized spacial score (nSPS) is 12.4. The van der Waals surface area contributed by atoms with Crippen LogP contribution in [0.1, 0.15) is 43.0 Å². The maximum Gasteiger partial charge on any atom is 0.0955 e. The van der Waals surface area contributed by atoms with E-state index in [0.717, 1.165) is 0 Å². The number of fused-ring (bicyclic) bond motifs is 1. The Morgan fingerprint density at radius 3 is 2.12 bits per heavy atom. The second kappa shape index (κ2) is 3.59. The Bertz CT molecular complexity index is 583. The summed E-state index contributed by atoms with van der Waals surface area (Å²) >= 11 is 0. The van der Waals surface area contributed by atoms with Crippen molar-refractivity contribution in [1.82, 2.24) is 9.55 Å². The Morgan fingerprint density at radius 2 is 1.59 bits per heavy atom. The van der Waals surface area contributed by atoms with E-state index in [1.165, 1.54) is 33.3 Å². The molecule has 2 aromatic rings. The predicted octanol–water partition coefficient (Wildman–Crippen LogP) is 3.80. The maximum absolute atomic E-state index is 4.61. The Balaban J connectivity index is 3.02. The van der Waals surface area contributed by atoms with Crippen LogP contribution in [-0.4, -0.2) is 9.55 Å². The fourth-order valence-electron chi connectivity index (χ4n) is 2.80. The predicted molar refractivity (Wildman–Crippen MR) is 73.6 cm³/mol. The van der Waals surface area contributed by atoms with Crippen LogP contribution in [0.25, 0.3) is 11.0 Å². The van der Waals surface area contributed by atoms with Gasteiger partial charge in [0.05, 0.1) is 17.4 Å². The van der Waals surface area contributed by atoms with E-state index in [-0.39, 0.29) is 5.41 Å². The SMILES string of the molecule is Cc1c(C)c(C)c2c(ncn2C)c1C(C)(C)C. The van der Waals surface area contributed by atoms with Gasteiger partial charge in [0.1, 0.15) is 0 Å². The summed E-state index contributed by atoms with van der Waals surface area (Å²) in [6.45, 7) is 13.4. The lowest BCUT2D eigenvalue weighted by Crippen LogP contribution is -2.15. The molecule has 0 atom stereocenters. The highest BCUT2D eigenvalue weighted by Gasteiger charge is 2.24. The van der Waals surface area contributed by atoms with E-state index < -0.39 is 0 Å². The molecule has 0 radical (unpaired) electrons. The van der Waals surface area contributed by atoms with E-state index in [4.69, 9.17) is 0 Å². The minimum atomic E-state index is 0.134. The van der Waals surface area contributed by atoms with Crippen LogP contribution in [-0.2, 0) is 12.5 Å². The van der Waals surface area contributed by atoms with Gasteiger partial charge in [0.25, 0.3) is 0 Å². The minimum absolute atomic E-state index is 0.134. The van der Waals surface area contributed by atoms with Gasteiger partial charge in [-0.1, -0.05) is 20.8 Å². The van der Waals surface area contributed by atoms with Crippen LogP contribution in [0.15, 0.2) is 6.33 Å². The molecule has 0 N–H and O–H groups in total. The Labute approximate surface area is 104 Å². The number of hydrogen-bond acceptors (Lipinski definition) is 1. The first-order valence-corrected chi connectivity index (χ1v) is 6.16. The highest BCUT2D eigenvalue weighted by molar-refractivity contribution is 5.86. The second-order valence-corrected chi connectivity index (χ2v) is 6.05. The van der Waals surface area contributed by atoms with Crippen LogP contribution in [0, 0.1) is 20.8 Å². The number of rotatable bonds is 0. The highest BCUT2D eigenvalue weighted by atomic mass is 15.0. The largest absolute Gasteiger partial charge is 0.333 e. The summed E-state index contributed by atoms with van der Waals surface area (Å²) in [5.41, 5.74) is 8.10. The fraction of sp³-hybridized carbons (Fsp3) is 0.533. The van der Waals surface area contributed by atoms with Crippen LogP contribution in [0.2, 0.25) is 0 Å². The number of imidazole rings is 1. The number of hydrogen-bond donors (Lipinski definition) is 0. The standard InChI is InChI=1S/C15H22N2/c1-9-10(2)12(15(4,5)6)13-14(11(9)3)17(7)8-16-13/h8H,1-7H3. The summed E-state index contributed by atoms with van der Waals surface area (Å²) in [5.74, 6) is 0. The lowest BCUT2D eigenvalue weighted by Gasteiger charge is -2.25. The first-order valence-electron chi connectivity index (χ1n) is 6.16. The third kappa shape index (κ3) is 1.67. The third-order valence-electron chi connectivity index (χ3n) is 3.78. The van der Waals surface area contributed by atoms with Crippen molar-refractivity contribution in [2.75, 3.05) is 0 Å². The molecule has 0 aliphatic rings. The summed E-state index contributed by atoms with van der Waals surface area (Å²) in [4.78, 5) is 4.61. The van der Waals surface area contributed by atoms with Crippen molar-refractivity contribution in [2.24, 2.45) is 7.05 Å². The zero-order chi connectivity index (χ0) is 13.0. The van der Waals surface area contributed by atoms with E-state index in [1.807, 2.05) is 6.33 Å². The lowest BCUT2D eigenvalue weighted by molar-refractivity contribution is 0.590. The zero-order valence-corrected chi connectivity index (χ0v) is 12.0. The lowest BCUT2D eigenvalue weighted by atomic mass is 9.80. The summed E-state index contributed by atoms with van der Waals surface area (Å²) in [7, 11) is 2.07. The van der Waals surface area contributed by atoms with Crippen LogP contribution < -0.4 is 0 Å². The summed E-state index contributed by atoms with van der Waals surface area (Å²) in [6.07, 6.45) is 1.92. The molecule has 0 unspecified atom stereocenters. The molecule has 0 saturated heterocycles. The van der Waals surface area contributed by atoms with E-state index in [2.05, 4.69) is 58.1 Å². The molecule has 0 saturated carbocycles. The molecule has 0 bridgehead atoms. The van der Waals surface area contributed by atoms with Crippen molar-refractivity contribution in [2.45, 2.75) is 47.0 Å². The maximum atomic E-state index is 4.61. The van der Waals surface area contributed by atoms with Crippen molar-refractivity contribution < 1.29 is 0 Å². The summed E-state index contributed by atoms with van der Waals surface area (Å²) in [5, 5.41) is 0. The average Bonchev–Trinajstić information content (AvgIpc) is 2.55. The number of nitrogens with zero attached hydrogens (tertiary/aromatic N) is 2. The van der Waals surface area contributed by atoms with Gasteiger partial charge in [0, 0.05) is 7.05 Å². The van der Waals surface area contributed by atoms with Crippen molar-refractivity contribution in [3.63, 3.8) is 0 Å². The highest BCUT2D eigenvalue weighted by Crippen LogP contribution is 2.35. The quantitative estimate of drug-likeness (QED) is 0.673.